The van der Waals surface area contributed by atoms with Crippen LogP contribution in [-0.4, -0.2) is 51.8 Å². The Hall–Kier alpha value is -3.52. The van der Waals surface area contributed by atoms with Crippen molar-refractivity contribution in [2.75, 3.05) is 32.0 Å². The molecule has 0 saturated carbocycles. The molecule has 10 heteroatoms. The fraction of sp³-hybridized carbons (Fsp3) is 0.310. The Morgan fingerprint density at radius 2 is 1.97 bits per heavy atom. The van der Waals surface area contributed by atoms with Gasteiger partial charge in [-0.3, -0.25) is 9.59 Å². The molecule has 4 N–H and O–H groups in total. The smallest absolute Gasteiger partial charge is 0.257 e. The van der Waals surface area contributed by atoms with Gasteiger partial charge in [0.15, 0.2) is 0 Å². The number of sulfone groups is 1. The van der Waals surface area contributed by atoms with Crippen LogP contribution in [-0.2, 0) is 9.84 Å². The average molecular weight is 567 g/mol. The number of allylic oxidation sites excluding steroid dienone is 1. The number of amides is 2. The lowest BCUT2D eigenvalue weighted by atomic mass is 9.89. The summed E-state index contributed by atoms with van der Waals surface area (Å²) in [5, 5.41) is 5.41. The first-order valence-electron chi connectivity index (χ1n) is 12.6. The molecule has 0 aromatic heterocycles. The van der Waals surface area contributed by atoms with E-state index in [-0.39, 0.29) is 38.6 Å². The van der Waals surface area contributed by atoms with Crippen molar-refractivity contribution in [3.05, 3.63) is 76.8 Å². The maximum Gasteiger partial charge on any atom is 0.257 e. The van der Waals surface area contributed by atoms with E-state index < -0.39 is 21.7 Å². The number of fused-ring (bicyclic) bond motifs is 2. The van der Waals surface area contributed by atoms with Gasteiger partial charge in [0.05, 0.1) is 33.0 Å². The Labute approximate surface area is 236 Å². The van der Waals surface area contributed by atoms with Crippen molar-refractivity contribution in [1.29, 1.82) is 0 Å². The highest BCUT2D eigenvalue weighted by molar-refractivity contribution is 7.91. The number of hydrogen-bond acceptors (Lipinski definition) is 7. The first-order valence-corrected chi connectivity index (χ1v) is 14.5. The summed E-state index contributed by atoms with van der Waals surface area (Å²) in [6.45, 7) is 5.40. The molecule has 1 aliphatic heterocycles. The van der Waals surface area contributed by atoms with Crippen LogP contribution in [0.1, 0.15) is 47.4 Å². The zero-order valence-corrected chi connectivity index (χ0v) is 24.0. The van der Waals surface area contributed by atoms with Crippen LogP contribution in [0.3, 0.4) is 0 Å². The second-order valence-corrected chi connectivity index (χ2v) is 11.9. The fourth-order valence-corrected chi connectivity index (χ4v) is 6.05. The molecular formula is C29H34N4O4S2. The van der Waals surface area contributed by atoms with Crippen molar-refractivity contribution in [3.8, 4) is 11.8 Å². The van der Waals surface area contributed by atoms with Crippen LogP contribution >= 0.6 is 12.6 Å². The minimum Gasteiger partial charge on any atom is -0.378 e. The number of nitrogens with one attached hydrogen (secondary N) is 2. The minimum atomic E-state index is -3.94. The van der Waals surface area contributed by atoms with Gasteiger partial charge < -0.3 is 21.3 Å². The molecule has 1 aliphatic rings. The van der Waals surface area contributed by atoms with Crippen molar-refractivity contribution in [3.63, 3.8) is 0 Å². The number of benzene rings is 2. The number of thiol groups is 1. The molecule has 0 saturated heterocycles. The molecule has 2 amide bonds. The Balaban J connectivity index is 1.71. The molecule has 0 radical (unpaired) electrons. The lowest BCUT2D eigenvalue weighted by Gasteiger charge is -2.26. The van der Waals surface area contributed by atoms with Crippen LogP contribution in [0.4, 0.5) is 5.69 Å². The van der Waals surface area contributed by atoms with Gasteiger partial charge in [-0.2, -0.15) is 0 Å². The van der Waals surface area contributed by atoms with Crippen LogP contribution in [0.15, 0.2) is 75.5 Å². The van der Waals surface area contributed by atoms with Crippen molar-refractivity contribution in [1.82, 2.24) is 10.2 Å². The number of carbonyl (C=O) groups excluding carboxylic acids is 2. The van der Waals surface area contributed by atoms with Crippen LogP contribution in [0.25, 0.3) is 0 Å². The molecule has 39 heavy (non-hydrogen) atoms. The van der Waals surface area contributed by atoms with E-state index in [9.17, 15) is 18.0 Å². The molecule has 206 valence electrons. The van der Waals surface area contributed by atoms with Crippen molar-refractivity contribution in [2.24, 2.45) is 11.1 Å². The summed E-state index contributed by atoms with van der Waals surface area (Å²) in [5.41, 5.74) is 5.51. The van der Waals surface area contributed by atoms with E-state index in [0.29, 0.717) is 24.4 Å². The molecule has 0 spiro atoms. The zero-order valence-electron chi connectivity index (χ0n) is 22.3. The zero-order chi connectivity index (χ0) is 28.6. The highest BCUT2D eigenvalue weighted by Gasteiger charge is 2.31. The summed E-state index contributed by atoms with van der Waals surface area (Å²) in [7, 11) is -2.03. The molecule has 1 unspecified atom stereocenters. The van der Waals surface area contributed by atoms with Gasteiger partial charge in [0.1, 0.15) is 0 Å². The molecule has 0 bridgehead atoms. The van der Waals surface area contributed by atoms with E-state index in [0.717, 1.165) is 6.42 Å². The molecular weight excluding hydrogens is 532 g/mol. The van der Waals surface area contributed by atoms with Gasteiger partial charge in [0.2, 0.25) is 9.84 Å². The maximum atomic E-state index is 13.2. The Bertz CT molecular complexity index is 1470. The number of anilines is 1. The second kappa shape index (κ2) is 13.0. The average Bonchev–Trinajstić information content (AvgIpc) is 2.98. The molecule has 8 nitrogen and oxygen atoms in total. The predicted molar refractivity (Wildman–Crippen MR) is 157 cm³/mol. The van der Waals surface area contributed by atoms with Gasteiger partial charge in [-0.25, -0.2) is 8.42 Å². The number of nitrogens with two attached hydrogens (primary N) is 1. The summed E-state index contributed by atoms with van der Waals surface area (Å²) < 4.78 is 26.3. The third-order valence-electron chi connectivity index (χ3n) is 5.94. The Kier molecular flexibility index (Phi) is 10.0. The third-order valence-corrected chi connectivity index (χ3v) is 8.09. The quantitative estimate of drug-likeness (QED) is 0.208. The van der Waals surface area contributed by atoms with E-state index in [2.05, 4.69) is 61.1 Å². The van der Waals surface area contributed by atoms with Gasteiger partial charge >= 0.3 is 0 Å². The lowest BCUT2D eigenvalue weighted by Crippen LogP contribution is -2.29. The lowest BCUT2D eigenvalue weighted by molar-refractivity contribution is 0.0956. The van der Waals surface area contributed by atoms with Crippen molar-refractivity contribution < 1.29 is 18.0 Å². The van der Waals surface area contributed by atoms with E-state index in [1.165, 1.54) is 30.3 Å². The van der Waals surface area contributed by atoms with Crippen molar-refractivity contribution in [2.45, 2.75) is 36.5 Å². The van der Waals surface area contributed by atoms with E-state index in [1.54, 1.807) is 12.1 Å². The summed E-state index contributed by atoms with van der Waals surface area (Å²) in [6.07, 6.45) is 7.54. The van der Waals surface area contributed by atoms with Crippen LogP contribution in [0.2, 0.25) is 0 Å². The molecule has 2 aromatic rings. The van der Waals surface area contributed by atoms with Gasteiger partial charge in [-0.15, -0.1) is 18.5 Å². The topological polar surface area (TPSA) is 122 Å². The Morgan fingerprint density at radius 1 is 1.23 bits per heavy atom. The van der Waals surface area contributed by atoms with Crippen molar-refractivity contribution >= 4 is 40.0 Å². The van der Waals surface area contributed by atoms with Crippen LogP contribution in [0, 0.1) is 17.3 Å². The number of hydrogen-bond donors (Lipinski definition) is 4. The van der Waals surface area contributed by atoms with E-state index >= 15 is 0 Å². The largest absolute Gasteiger partial charge is 0.378 e. The highest BCUT2D eigenvalue weighted by Crippen LogP contribution is 2.34. The number of nitrogens with zero attached hydrogens (tertiary/aromatic N) is 1. The van der Waals surface area contributed by atoms with Gasteiger partial charge in [0.25, 0.3) is 11.8 Å². The Morgan fingerprint density at radius 3 is 2.69 bits per heavy atom. The van der Waals surface area contributed by atoms with Gasteiger partial charge in [-0.05, 0) is 43.7 Å². The molecule has 1 heterocycles. The monoisotopic (exact) mass is 566 g/mol. The first kappa shape index (κ1) is 30.0. The first-order chi connectivity index (χ1) is 18.5. The second-order valence-electron chi connectivity index (χ2n) is 9.45. The molecule has 0 fully saturated rings. The molecule has 2 aromatic carbocycles. The molecule has 0 aliphatic carbocycles. The van der Waals surface area contributed by atoms with Gasteiger partial charge in [-0.1, -0.05) is 37.1 Å². The van der Waals surface area contributed by atoms with E-state index in [1.807, 2.05) is 18.1 Å². The summed E-state index contributed by atoms with van der Waals surface area (Å²) in [6, 6.07) is 10.1. The van der Waals surface area contributed by atoms with E-state index in [4.69, 9.17) is 5.73 Å². The number of rotatable bonds is 9. The van der Waals surface area contributed by atoms with Crippen LogP contribution in [0.5, 0.6) is 0 Å². The van der Waals surface area contributed by atoms with Crippen LogP contribution < -0.4 is 16.4 Å². The standard InChI is InChI=1S/C29H34N4O4S2/c1-4-5-14-29(2,15-8-9-16-30)20-33(3)19-22(38)18-31-27(34)21-12-13-26-24(17-21)32-28(35)23-10-6-7-11-25(23)39(26,36)37/h5-7,10-14,17,19,38H,4,9,16,18,20,30H2,1-3H3,(H,31,34)(H,32,35)/b14-5-,22-19-. The third kappa shape index (κ3) is 7.53. The maximum absolute atomic E-state index is 13.2. The summed E-state index contributed by atoms with van der Waals surface area (Å²) in [5.74, 6) is 5.44. The fourth-order valence-electron chi connectivity index (χ4n) is 4.19. The summed E-state index contributed by atoms with van der Waals surface area (Å²) in [4.78, 5) is 28.0. The summed E-state index contributed by atoms with van der Waals surface area (Å²) >= 11 is 4.52. The van der Waals surface area contributed by atoms with Gasteiger partial charge in [0, 0.05) is 43.2 Å². The predicted octanol–water partition coefficient (Wildman–Crippen LogP) is 3.84. The molecule has 3 rings (SSSR count). The SMILES string of the molecule is CC/C=C\C(C)(C#CCCN)CN(C)/C=C(\S)CNC(=O)c1ccc2c(c1)NC(=O)c1ccccc1S2(=O)=O. The minimum absolute atomic E-state index is 0.0559. The molecule has 1 atom stereocenters. The normalized spacial score (nSPS) is 15.6. The number of carbonyl (C=O) groups is 2. The highest BCUT2D eigenvalue weighted by atomic mass is 32.2.